The third-order valence-electron chi connectivity index (χ3n) is 4.83. The number of rotatable bonds is 1. The highest BCUT2D eigenvalue weighted by Crippen LogP contribution is 2.38. The van der Waals surface area contributed by atoms with Crippen LogP contribution in [0.5, 0.6) is 0 Å². The molecule has 2 aliphatic rings. The van der Waals surface area contributed by atoms with Crippen LogP contribution in [0.3, 0.4) is 0 Å². The van der Waals surface area contributed by atoms with Crippen LogP contribution in [0.25, 0.3) is 0 Å². The molecule has 0 aromatic carbocycles. The summed E-state index contributed by atoms with van der Waals surface area (Å²) in [6.07, 6.45) is -4.36. The summed E-state index contributed by atoms with van der Waals surface area (Å²) in [6, 6.07) is 0. The lowest BCUT2D eigenvalue weighted by atomic mass is 9.74. The van der Waals surface area contributed by atoms with Gasteiger partial charge < -0.3 is 10.2 Å². The molecule has 2 rings (SSSR count). The second-order valence-corrected chi connectivity index (χ2v) is 7.34. The lowest BCUT2D eigenvalue weighted by Crippen LogP contribution is -2.48. The van der Waals surface area contributed by atoms with Crippen molar-refractivity contribution >= 4 is 11.8 Å². The molecule has 0 spiro atoms. The number of nitrogens with zero attached hydrogens (tertiary/aromatic N) is 1. The van der Waals surface area contributed by atoms with Crippen molar-refractivity contribution in [3.05, 3.63) is 0 Å². The standard InChI is InChI=1S/C15H23F3N2O2/c1-14(2,3)10-8-19-12(21)11(10)13(22)20-6-4-9(5-7-20)15(16,17)18/h9-11H,4-8H2,1-3H3,(H,19,21)/t10-,11-/m1/s1. The number of carbonyl (C=O) groups is 2. The van der Waals surface area contributed by atoms with Crippen LogP contribution in [0.2, 0.25) is 0 Å². The summed E-state index contributed by atoms with van der Waals surface area (Å²) in [5, 5.41) is 2.71. The van der Waals surface area contributed by atoms with E-state index in [0.29, 0.717) is 6.54 Å². The molecule has 2 heterocycles. The molecule has 2 amide bonds. The Balaban J connectivity index is 2.04. The first-order chi connectivity index (χ1) is 10.0. The third-order valence-corrected chi connectivity index (χ3v) is 4.83. The minimum absolute atomic E-state index is 0.0731. The van der Waals surface area contributed by atoms with Crippen LogP contribution in [0.1, 0.15) is 33.6 Å². The predicted molar refractivity (Wildman–Crippen MR) is 74.8 cm³/mol. The van der Waals surface area contributed by atoms with Crippen LogP contribution < -0.4 is 5.32 Å². The lowest BCUT2D eigenvalue weighted by molar-refractivity contribution is -0.187. The maximum absolute atomic E-state index is 12.7. The minimum Gasteiger partial charge on any atom is -0.355 e. The first-order valence-electron chi connectivity index (χ1n) is 7.65. The van der Waals surface area contributed by atoms with Gasteiger partial charge >= 0.3 is 6.18 Å². The molecule has 22 heavy (non-hydrogen) atoms. The molecule has 0 radical (unpaired) electrons. The summed E-state index contributed by atoms with van der Waals surface area (Å²) >= 11 is 0. The van der Waals surface area contributed by atoms with E-state index in [2.05, 4.69) is 5.32 Å². The second kappa shape index (κ2) is 5.74. The van der Waals surface area contributed by atoms with E-state index in [-0.39, 0.29) is 49.1 Å². The number of piperidine rings is 1. The summed E-state index contributed by atoms with van der Waals surface area (Å²) in [6.45, 7) is 6.49. The van der Waals surface area contributed by atoms with E-state index < -0.39 is 18.0 Å². The van der Waals surface area contributed by atoms with Gasteiger partial charge in [0.1, 0.15) is 5.92 Å². The number of likely N-dealkylation sites (tertiary alicyclic amines) is 1. The maximum atomic E-state index is 12.7. The first kappa shape index (κ1) is 17.1. The molecule has 2 saturated heterocycles. The zero-order valence-corrected chi connectivity index (χ0v) is 13.2. The van der Waals surface area contributed by atoms with Gasteiger partial charge in [-0.1, -0.05) is 20.8 Å². The highest BCUT2D eigenvalue weighted by molar-refractivity contribution is 6.02. The molecular formula is C15H23F3N2O2. The summed E-state index contributed by atoms with van der Waals surface area (Å²) < 4.78 is 38.0. The fourth-order valence-corrected chi connectivity index (χ4v) is 3.34. The average molecular weight is 320 g/mol. The molecule has 0 saturated carbocycles. The SMILES string of the molecule is CC(C)(C)[C@@H]1CNC(=O)[C@@H]1C(=O)N1CCC(C(F)(F)F)CC1. The van der Waals surface area contributed by atoms with Crippen LogP contribution in [0, 0.1) is 23.2 Å². The normalized spacial score (nSPS) is 27.9. The lowest BCUT2D eigenvalue weighted by Gasteiger charge is -2.36. The van der Waals surface area contributed by atoms with Crippen LogP contribution >= 0.6 is 0 Å². The predicted octanol–water partition coefficient (Wildman–Crippen LogP) is 2.20. The maximum Gasteiger partial charge on any atom is 0.391 e. The number of alkyl halides is 3. The van der Waals surface area contributed by atoms with Crippen LogP contribution in [-0.4, -0.2) is 42.5 Å². The smallest absolute Gasteiger partial charge is 0.355 e. The Hall–Kier alpha value is -1.27. The average Bonchev–Trinajstić information content (AvgIpc) is 2.79. The van der Waals surface area contributed by atoms with Crippen molar-refractivity contribution in [2.24, 2.45) is 23.2 Å². The Kier molecular flexibility index (Phi) is 4.46. The monoisotopic (exact) mass is 320 g/mol. The van der Waals surface area contributed by atoms with Gasteiger partial charge in [-0.2, -0.15) is 13.2 Å². The Morgan fingerprint density at radius 2 is 1.73 bits per heavy atom. The summed E-state index contributed by atoms with van der Waals surface area (Å²) in [7, 11) is 0. The molecule has 0 aromatic rings. The largest absolute Gasteiger partial charge is 0.391 e. The van der Waals surface area contributed by atoms with E-state index in [1.54, 1.807) is 0 Å². The first-order valence-corrected chi connectivity index (χ1v) is 7.65. The number of carbonyl (C=O) groups excluding carboxylic acids is 2. The van der Waals surface area contributed by atoms with E-state index in [1.807, 2.05) is 20.8 Å². The number of hydrogen-bond donors (Lipinski definition) is 1. The molecule has 1 N–H and O–H groups in total. The van der Waals surface area contributed by atoms with Crippen LogP contribution in [-0.2, 0) is 9.59 Å². The van der Waals surface area contributed by atoms with E-state index in [4.69, 9.17) is 0 Å². The van der Waals surface area contributed by atoms with Gasteiger partial charge in [-0.05, 0) is 18.3 Å². The van der Waals surface area contributed by atoms with Crippen LogP contribution in [0.15, 0.2) is 0 Å². The zero-order chi connectivity index (χ0) is 16.7. The van der Waals surface area contributed by atoms with Gasteiger partial charge in [0.05, 0.1) is 5.92 Å². The Labute approximate surface area is 128 Å². The molecule has 2 fully saturated rings. The number of halogens is 3. The molecule has 0 unspecified atom stereocenters. The van der Waals surface area contributed by atoms with E-state index in [0.717, 1.165) is 0 Å². The molecule has 0 bridgehead atoms. The molecule has 2 aliphatic heterocycles. The molecular weight excluding hydrogens is 297 g/mol. The van der Waals surface area contributed by atoms with Crippen molar-refractivity contribution in [1.82, 2.24) is 10.2 Å². The summed E-state index contributed by atoms with van der Waals surface area (Å²) in [5.74, 6) is -2.87. The van der Waals surface area contributed by atoms with Gasteiger partial charge in [0, 0.05) is 25.6 Å². The van der Waals surface area contributed by atoms with Crippen molar-refractivity contribution in [3.63, 3.8) is 0 Å². The van der Waals surface area contributed by atoms with Crippen LogP contribution in [0.4, 0.5) is 13.2 Å². The fraction of sp³-hybridized carbons (Fsp3) is 0.867. The summed E-state index contributed by atoms with van der Waals surface area (Å²) in [5.41, 5.74) is -0.218. The molecule has 2 atom stereocenters. The topological polar surface area (TPSA) is 49.4 Å². The van der Waals surface area contributed by atoms with Crippen molar-refractivity contribution in [3.8, 4) is 0 Å². The van der Waals surface area contributed by atoms with E-state index in [9.17, 15) is 22.8 Å². The Morgan fingerprint density at radius 3 is 2.18 bits per heavy atom. The van der Waals surface area contributed by atoms with E-state index >= 15 is 0 Å². The third kappa shape index (κ3) is 3.38. The van der Waals surface area contributed by atoms with Gasteiger partial charge in [0.15, 0.2) is 0 Å². The molecule has 126 valence electrons. The number of amides is 2. The van der Waals surface area contributed by atoms with Crippen molar-refractivity contribution in [2.45, 2.75) is 39.8 Å². The molecule has 4 nitrogen and oxygen atoms in total. The molecule has 7 heteroatoms. The molecule has 0 aliphatic carbocycles. The van der Waals surface area contributed by atoms with Gasteiger partial charge in [0.2, 0.25) is 11.8 Å². The van der Waals surface area contributed by atoms with Crippen molar-refractivity contribution in [1.29, 1.82) is 0 Å². The Bertz CT molecular complexity index is 449. The van der Waals surface area contributed by atoms with Gasteiger partial charge in [-0.15, -0.1) is 0 Å². The van der Waals surface area contributed by atoms with Gasteiger partial charge in [-0.25, -0.2) is 0 Å². The second-order valence-electron chi connectivity index (χ2n) is 7.34. The highest BCUT2D eigenvalue weighted by Gasteiger charge is 2.48. The quantitative estimate of drug-likeness (QED) is 0.753. The van der Waals surface area contributed by atoms with E-state index in [1.165, 1.54) is 4.90 Å². The van der Waals surface area contributed by atoms with Gasteiger partial charge in [-0.3, -0.25) is 9.59 Å². The number of hydrogen-bond acceptors (Lipinski definition) is 2. The Morgan fingerprint density at radius 1 is 1.18 bits per heavy atom. The fourth-order valence-electron chi connectivity index (χ4n) is 3.34. The van der Waals surface area contributed by atoms with Crippen molar-refractivity contribution < 1.29 is 22.8 Å². The zero-order valence-electron chi connectivity index (χ0n) is 13.2. The minimum atomic E-state index is -4.20. The number of nitrogens with one attached hydrogen (secondary N) is 1. The molecule has 0 aromatic heterocycles. The summed E-state index contributed by atoms with van der Waals surface area (Å²) in [4.78, 5) is 26.0. The highest BCUT2D eigenvalue weighted by atomic mass is 19.4. The van der Waals surface area contributed by atoms with Gasteiger partial charge in [0.25, 0.3) is 0 Å². The van der Waals surface area contributed by atoms with Crippen molar-refractivity contribution in [2.75, 3.05) is 19.6 Å².